The van der Waals surface area contributed by atoms with Crippen LogP contribution in [0.1, 0.15) is 11.9 Å². The number of pyridine rings is 1. The number of nitrogens with zero attached hydrogens (tertiary/aromatic N) is 1. The molecule has 0 atom stereocenters. The molecule has 0 N–H and O–H groups in total. The molecule has 1 aromatic heterocycles. The third kappa shape index (κ3) is 2.40. The molecule has 0 aliphatic heterocycles. The Morgan fingerprint density at radius 3 is 2.23 bits per heavy atom. The second-order valence-electron chi connectivity index (χ2n) is 2.44. The van der Waals surface area contributed by atoms with Gasteiger partial charge in [-0.3, -0.25) is 0 Å². The molecule has 13 heavy (non-hydrogen) atoms. The normalized spacial score (nSPS) is 10.5. The summed E-state index contributed by atoms with van der Waals surface area (Å²) in [6.45, 7) is 0. The first-order chi connectivity index (χ1) is 6.31. The van der Waals surface area contributed by atoms with Crippen molar-refractivity contribution in [3.63, 3.8) is 0 Å². The Morgan fingerprint density at radius 1 is 1.15 bits per heavy atom. The molecule has 0 aliphatic carbocycles. The van der Waals surface area contributed by atoms with Gasteiger partial charge in [-0.2, -0.15) is 0 Å². The number of rotatable bonds is 4. The van der Waals surface area contributed by atoms with Gasteiger partial charge in [-0.05, 0) is 6.07 Å². The standard InChI is InChI=1S/C9H13NO3/c1-11-8-5-4-7(6-10-8)9(12-2)13-3/h4-6,9H,1-3H3. The lowest BCUT2D eigenvalue weighted by Crippen LogP contribution is -2.03. The summed E-state index contributed by atoms with van der Waals surface area (Å²) in [5, 5.41) is 0. The highest BCUT2D eigenvalue weighted by Gasteiger charge is 2.08. The van der Waals surface area contributed by atoms with E-state index in [4.69, 9.17) is 14.2 Å². The maximum atomic E-state index is 5.06. The van der Waals surface area contributed by atoms with Crippen LogP contribution in [0.3, 0.4) is 0 Å². The summed E-state index contributed by atoms with van der Waals surface area (Å²) in [4.78, 5) is 4.03. The quantitative estimate of drug-likeness (QED) is 0.661. The molecule has 72 valence electrons. The molecule has 0 radical (unpaired) electrons. The van der Waals surface area contributed by atoms with Gasteiger partial charge in [0.2, 0.25) is 5.88 Å². The largest absolute Gasteiger partial charge is 0.481 e. The van der Waals surface area contributed by atoms with Crippen molar-refractivity contribution in [2.24, 2.45) is 0 Å². The lowest BCUT2D eigenvalue weighted by atomic mass is 10.3. The number of aromatic nitrogens is 1. The van der Waals surface area contributed by atoms with E-state index in [0.29, 0.717) is 5.88 Å². The summed E-state index contributed by atoms with van der Waals surface area (Å²) in [6, 6.07) is 3.61. The van der Waals surface area contributed by atoms with Crippen LogP contribution in [0.2, 0.25) is 0 Å². The number of hydrogen-bond acceptors (Lipinski definition) is 4. The van der Waals surface area contributed by atoms with E-state index in [0.717, 1.165) is 5.56 Å². The first-order valence-electron chi connectivity index (χ1n) is 3.87. The van der Waals surface area contributed by atoms with Crippen LogP contribution < -0.4 is 4.74 Å². The maximum absolute atomic E-state index is 5.06. The SMILES string of the molecule is COc1ccc(C(OC)OC)cn1. The summed E-state index contributed by atoms with van der Waals surface area (Å²) in [6.07, 6.45) is 1.30. The molecule has 1 heterocycles. The van der Waals surface area contributed by atoms with Crippen LogP contribution in [0.5, 0.6) is 5.88 Å². The molecule has 4 heteroatoms. The Balaban J connectivity index is 2.78. The highest BCUT2D eigenvalue weighted by molar-refractivity contribution is 5.18. The summed E-state index contributed by atoms with van der Waals surface area (Å²) < 4.78 is 15.0. The van der Waals surface area contributed by atoms with Crippen molar-refractivity contribution in [3.05, 3.63) is 23.9 Å². The average molecular weight is 183 g/mol. The molecule has 0 saturated heterocycles. The van der Waals surface area contributed by atoms with Crippen molar-refractivity contribution in [1.29, 1.82) is 0 Å². The lowest BCUT2D eigenvalue weighted by Gasteiger charge is -2.12. The van der Waals surface area contributed by atoms with Gasteiger partial charge in [0.25, 0.3) is 0 Å². The van der Waals surface area contributed by atoms with Crippen molar-refractivity contribution in [1.82, 2.24) is 4.98 Å². The van der Waals surface area contributed by atoms with Crippen molar-refractivity contribution in [3.8, 4) is 5.88 Å². The van der Waals surface area contributed by atoms with Gasteiger partial charge in [0.15, 0.2) is 6.29 Å². The number of methoxy groups -OCH3 is 3. The van der Waals surface area contributed by atoms with Crippen LogP contribution in [0.4, 0.5) is 0 Å². The Hall–Kier alpha value is -1.13. The van der Waals surface area contributed by atoms with E-state index in [1.807, 2.05) is 6.07 Å². The van der Waals surface area contributed by atoms with Crippen molar-refractivity contribution in [2.75, 3.05) is 21.3 Å². The Bertz CT molecular complexity index is 244. The topological polar surface area (TPSA) is 40.6 Å². The van der Waals surface area contributed by atoms with E-state index in [9.17, 15) is 0 Å². The summed E-state index contributed by atoms with van der Waals surface area (Å²) in [5.41, 5.74) is 0.866. The van der Waals surface area contributed by atoms with Gasteiger partial charge in [-0.25, -0.2) is 4.98 Å². The molecular formula is C9H13NO3. The average Bonchev–Trinajstić information content (AvgIpc) is 2.21. The van der Waals surface area contributed by atoms with Crippen LogP contribution in [0.15, 0.2) is 18.3 Å². The van der Waals surface area contributed by atoms with E-state index in [1.54, 1.807) is 33.6 Å². The minimum Gasteiger partial charge on any atom is -0.481 e. The van der Waals surface area contributed by atoms with E-state index in [1.165, 1.54) is 0 Å². The van der Waals surface area contributed by atoms with Crippen LogP contribution in [-0.4, -0.2) is 26.3 Å². The molecule has 0 amide bonds. The molecule has 1 aromatic rings. The van der Waals surface area contributed by atoms with E-state index < -0.39 is 0 Å². The lowest BCUT2D eigenvalue weighted by molar-refractivity contribution is -0.106. The predicted molar refractivity (Wildman–Crippen MR) is 47.5 cm³/mol. The maximum Gasteiger partial charge on any atom is 0.212 e. The van der Waals surface area contributed by atoms with Crippen molar-refractivity contribution in [2.45, 2.75) is 6.29 Å². The van der Waals surface area contributed by atoms with Gasteiger partial charge in [0, 0.05) is 32.0 Å². The molecule has 4 nitrogen and oxygen atoms in total. The minimum absolute atomic E-state index is 0.363. The second-order valence-corrected chi connectivity index (χ2v) is 2.44. The Kier molecular flexibility index (Phi) is 3.67. The molecular weight excluding hydrogens is 170 g/mol. The third-order valence-corrected chi connectivity index (χ3v) is 1.67. The fourth-order valence-electron chi connectivity index (χ4n) is 1.02. The summed E-state index contributed by atoms with van der Waals surface area (Å²) >= 11 is 0. The Labute approximate surface area is 77.5 Å². The van der Waals surface area contributed by atoms with E-state index in [2.05, 4.69) is 4.98 Å². The minimum atomic E-state index is -0.363. The summed E-state index contributed by atoms with van der Waals surface area (Å²) in [5.74, 6) is 0.578. The fourth-order valence-corrected chi connectivity index (χ4v) is 1.02. The van der Waals surface area contributed by atoms with Gasteiger partial charge in [0.05, 0.1) is 7.11 Å². The highest BCUT2D eigenvalue weighted by atomic mass is 16.7. The molecule has 0 unspecified atom stereocenters. The highest BCUT2D eigenvalue weighted by Crippen LogP contribution is 2.17. The number of hydrogen-bond donors (Lipinski definition) is 0. The molecule has 1 rings (SSSR count). The molecule has 0 saturated carbocycles. The number of ether oxygens (including phenoxy) is 3. The van der Waals surface area contributed by atoms with Gasteiger partial charge < -0.3 is 14.2 Å². The van der Waals surface area contributed by atoms with E-state index in [-0.39, 0.29) is 6.29 Å². The van der Waals surface area contributed by atoms with Crippen LogP contribution in [0, 0.1) is 0 Å². The van der Waals surface area contributed by atoms with Gasteiger partial charge in [0.1, 0.15) is 0 Å². The summed E-state index contributed by atoms with van der Waals surface area (Å²) in [7, 11) is 4.74. The zero-order chi connectivity index (χ0) is 9.68. The molecule has 0 bridgehead atoms. The van der Waals surface area contributed by atoms with Crippen molar-refractivity contribution < 1.29 is 14.2 Å². The Morgan fingerprint density at radius 2 is 1.85 bits per heavy atom. The van der Waals surface area contributed by atoms with E-state index >= 15 is 0 Å². The third-order valence-electron chi connectivity index (χ3n) is 1.67. The first-order valence-corrected chi connectivity index (χ1v) is 3.87. The molecule has 0 aromatic carbocycles. The zero-order valence-electron chi connectivity index (χ0n) is 7.98. The molecule has 0 spiro atoms. The second kappa shape index (κ2) is 4.79. The smallest absolute Gasteiger partial charge is 0.212 e. The molecule has 0 fully saturated rings. The predicted octanol–water partition coefficient (Wildman–Crippen LogP) is 1.38. The van der Waals surface area contributed by atoms with Crippen LogP contribution in [0.25, 0.3) is 0 Å². The van der Waals surface area contributed by atoms with Crippen LogP contribution >= 0.6 is 0 Å². The van der Waals surface area contributed by atoms with Gasteiger partial charge in [-0.1, -0.05) is 0 Å². The van der Waals surface area contributed by atoms with Crippen LogP contribution in [-0.2, 0) is 9.47 Å². The fraction of sp³-hybridized carbons (Fsp3) is 0.444. The van der Waals surface area contributed by atoms with Crippen molar-refractivity contribution >= 4 is 0 Å². The van der Waals surface area contributed by atoms with Gasteiger partial charge in [-0.15, -0.1) is 0 Å². The van der Waals surface area contributed by atoms with Gasteiger partial charge >= 0.3 is 0 Å². The first kappa shape index (κ1) is 9.95. The molecule has 0 aliphatic rings. The monoisotopic (exact) mass is 183 g/mol. The zero-order valence-corrected chi connectivity index (χ0v) is 7.98.